The lowest BCUT2D eigenvalue weighted by Gasteiger charge is -2.05. The van der Waals surface area contributed by atoms with Gasteiger partial charge in [-0.15, -0.1) is 11.6 Å². The van der Waals surface area contributed by atoms with Crippen molar-refractivity contribution in [3.05, 3.63) is 48.3 Å². The monoisotopic (exact) mass is 286 g/mol. The molecule has 0 radical (unpaired) electrons. The first-order valence-corrected chi connectivity index (χ1v) is 8.02. The van der Waals surface area contributed by atoms with Crippen LogP contribution in [-0.2, 0) is 0 Å². The summed E-state index contributed by atoms with van der Waals surface area (Å²) < 4.78 is 1.93. The van der Waals surface area contributed by atoms with Crippen LogP contribution >= 0.6 is 11.6 Å². The van der Waals surface area contributed by atoms with E-state index < -0.39 is 0 Å². The zero-order valence-corrected chi connectivity index (χ0v) is 12.2. The van der Waals surface area contributed by atoms with Crippen molar-refractivity contribution in [3.8, 4) is 5.69 Å². The predicted octanol–water partition coefficient (Wildman–Crippen LogP) is 4.59. The van der Waals surface area contributed by atoms with Crippen LogP contribution in [0.15, 0.2) is 42.7 Å². The largest absolute Gasteiger partial charge is 0.241 e. The molecule has 2 nitrogen and oxygen atoms in total. The molecule has 104 valence electrons. The number of benzene rings is 1. The van der Waals surface area contributed by atoms with Gasteiger partial charge in [-0.25, -0.2) is 4.68 Å². The summed E-state index contributed by atoms with van der Waals surface area (Å²) in [5.41, 5.74) is 2.27. The van der Waals surface area contributed by atoms with Gasteiger partial charge in [0, 0.05) is 11.8 Å². The topological polar surface area (TPSA) is 17.8 Å². The molecule has 2 fully saturated rings. The SMILES string of the molecule is ClC(c1cnn(-c2ccccc2)c1)C1C2CCCCC21. The van der Waals surface area contributed by atoms with Gasteiger partial charge >= 0.3 is 0 Å². The molecule has 0 amide bonds. The van der Waals surface area contributed by atoms with E-state index in [1.807, 2.05) is 29.1 Å². The fourth-order valence-corrected chi connectivity index (χ4v) is 4.39. The van der Waals surface area contributed by atoms with Crippen molar-refractivity contribution < 1.29 is 0 Å². The minimum absolute atomic E-state index is 0.139. The number of hydrogen-bond donors (Lipinski definition) is 0. The first-order chi connectivity index (χ1) is 9.84. The van der Waals surface area contributed by atoms with Gasteiger partial charge in [0.1, 0.15) is 0 Å². The second kappa shape index (κ2) is 4.92. The summed E-state index contributed by atoms with van der Waals surface area (Å²) in [5, 5.41) is 4.61. The van der Waals surface area contributed by atoms with E-state index in [1.165, 1.54) is 31.2 Å². The molecule has 2 aromatic rings. The number of aromatic nitrogens is 2. The maximum Gasteiger partial charge on any atom is 0.0649 e. The Hall–Kier alpha value is -1.28. The molecule has 0 spiro atoms. The first-order valence-electron chi connectivity index (χ1n) is 7.58. The lowest BCUT2D eigenvalue weighted by atomic mass is 10.0. The molecular formula is C17H19ClN2. The predicted molar refractivity (Wildman–Crippen MR) is 81.1 cm³/mol. The van der Waals surface area contributed by atoms with Crippen molar-refractivity contribution >= 4 is 11.6 Å². The molecule has 20 heavy (non-hydrogen) atoms. The lowest BCUT2D eigenvalue weighted by molar-refractivity contribution is 0.480. The average molecular weight is 287 g/mol. The quantitative estimate of drug-likeness (QED) is 0.755. The van der Waals surface area contributed by atoms with Gasteiger partial charge in [-0.05, 0) is 42.7 Å². The second-order valence-corrected chi connectivity index (χ2v) is 6.62. The van der Waals surface area contributed by atoms with Crippen molar-refractivity contribution in [1.29, 1.82) is 0 Å². The van der Waals surface area contributed by atoms with Crippen LogP contribution in [0.25, 0.3) is 5.69 Å². The highest BCUT2D eigenvalue weighted by Crippen LogP contribution is 2.62. The van der Waals surface area contributed by atoms with E-state index in [2.05, 4.69) is 23.4 Å². The lowest BCUT2D eigenvalue weighted by Crippen LogP contribution is -1.95. The fraction of sp³-hybridized carbons (Fsp3) is 0.471. The molecule has 0 N–H and O–H groups in total. The van der Waals surface area contributed by atoms with Crippen molar-refractivity contribution in [2.24, 2.45) is 17.8 Å². The molecule has 2 aliphatic rings. The molecule has 1 aromatic carbocycles. The van der Waals surface area contributed by atoms with Crippen molar-refractivity contribution in [3.63, 3.8) is 0 Å². The summed E-state index contributed by atoms with van der Waals surface area (Å²) in [5.74, 6) is 2.45. The zero-order valence-electron chi connectivity index (χ0n) is 11.5. The Bertz CT molecular complexity index is 580. The molecule has 4 rings (SSSR count). The van der Waals surface area contributed by atoms with Crippen LogP contribution in [0.4, 0.5) is 0 Å². The number of rotatable bonds is 3. The molecule has 1 heterocycles. The van der Waals surface area contributed by atoms with Gasteiger partial charge in [-0.1, -0.05) is 31.0 Å². The highest BCUT2D eigenvalue weighted by molar-refractivity contribution is 6.21. The Morgan fingerprint density at radius 1 is 1.10 bits per heavy atom. The third-order valence-corrected chi connectivity index (χ3v) is 5.55. The van der Waals surface area contributed by atoms with E-state index in [9.17, 15) is 0 Å². The number of nitrogens with zero attached hydrogens (tertiary/aromatic N) is 2. The summed E-state index contributed by atoms with van der Waals surface area (Å²) in [7, 11) is 0. The van der Waals surface area contributed by atoms with Gasteiger partial charge in [-0.3, -0.25) is 0 Å². The number of halogens is 1. The Morgan fingerprint density at radius 3 is 2.50 bits per heavy atom. The standard InChI is InChI=1S/C17H19ClN2/c18-17(16-14-8-4-5-9-15(14)16)12-10-19-20(11-12)13-6-2-1-3-7-13/h1-3,6-7,10-11,14-17H,4-5,8-9H2. The van der Waals surface area contributed by atoms with Crippen LogP contribution < -0.4 is 0 Å². The van der Waals surface area contributed by atoms with Crippen LogP contribution in [0, 0.1) is 17.8 Å². The molecular weight excluding hydrogens is 268 g/mol. The molecule has 2 aliphatic carbocycles. The Morgan fingerprint density at radius 2 is 1.80 bits per heavy atom. The van der Waals surface area contributed by atoms with Crippen LogP contribution in [0.2, 0.25) is 0 Å². The molecule has 3 atom stereocenters. The van der Waals surface area contributed by atoms with Crippen LogP contribution in [0.5, 0.6) is 0 Å². The van der Waals surface area contributed by atoms with E-state index in [-0.39, 0.29) is 5.38 Å². The molecule has 3 unspecified atom stereocenters. The molecule has 2 saturated carbocycles. The smallest absolute Gasteiger partial charge is 0.0649 e. The molecule has 0 aliphatic heterocycles. The Kier molecular flexibility index (Phi) is 3.07. The third-order valence-electron chi connectivity index (χ3n) is 5.00. The van der Waals surface area contributed by atoms with Gasteiger partial charge in [0.15, 0.2) is 0 Å². The normalized spacial score (nSPS) is 29.8. The minimum atomic E-state index is 0.139. The summed E-state index contributed by atoms with van der Waals surface area (Å²) in [4.78, 5) is 0. The molecule has 0 saturated heterocycles. The van der Waals surface area contributed by atoms with E-state index in [0.717, 1.165) is 17.5 Å². The number of hydrogen-bond acceptors (Lipinski definition) is 1. The van der Waals surface area contributed by atoms with Gasteiger partial charge in [0.05, 0.1) is 17.3 Å². The van der Waals surface area contributed by atoms with Gasteiger partial charge in [-0.2, -0.15) is 5.10 Å². The minimum Gasteiger partial charge on any atom is -0.241 e. The maximum absolute atomic E-state index is 6.73. The van der Waals surface area contributed by atoms with Crippen molar-refractivity contribution in [2.45, 2.75) is 31.1 Å². The average Bonchev–Trinajstić information content (AvgIpc) is 3.02. The molecule has 1 aromatic heterocycles. The number of fused-ring (bicyclic) bond motifs is 1. The van der Waals surface area contributed by atoms with Crippen molar-refractivity contribution in [2.75, 3.05) is 0 Å². The number of alkyl halides is 1. The summed E-state index contributed by atoms with van der Waals surface area (Å²) in [6.45, 7) is 0. The van der Waals surface area contributed by atoms with Crippen LogP contribution in [0.1, 0.15) is 36.6 Å². The zero-order chi connectivity index (χ0) is 13.5. The second-order valence-electron chi connectivity index (χ2n) is 6.15. The van der Waals surface area contributed by atoms with Crippen molar-refractivity contribution in [1.82, 2.24) is 9.78 Å². The molecule has 3 heteroatoms. The van der Waals surface area contributed by atoms with E-state index >= 15 is 0 Å². The van der Waals surface area contributed by atoms with E-state index in [0.29, 0.717) is 5.92 Å². The Labute approximate surface area is 124 Å². The third kappa shape index (κ3) is 2.07. The van der Waals surface area contributed by atoms with E-state index in [4.69, 9.17) is 11.6 Å². The summed E-state index contributed by atoms with van der Waals surface area (Å²) in [6.07, 6.45) is 9.58. The molecule has 0 bridgehead atoms. The van der Waals surface area contributed by atoms with Crippen LogP contribution in [-0.4, -0.2) is 9.78 Å². The summed E-state index contributed by atoms with van der Waals surface area (Å²) >= 11 is 6.73. The Balaban J connectivity index is 1.54. The van der Waals surface area contributed by atoms with Gasteiger partial charge in [0.25, 0.3) is 0 Å². The summed E-state index contributed by atoms with van der Waals surface area (Å²) in [6, 6.07) is 10.2. The number of para-hydroxylation sites is 1. The highest BCUT2D eigenvalue weighted by atomic mass is 35.5. The highest BCUT2D eigenvalue weighted by Gasteiger charge is 2.54. The maximum atomic E-state index is 6.73. The fourth-order valence-electron chi connectivity index (χ4n) is 3.91. The van der Waals surface area contributed by atoms with Gasteiger partial charge in [0.2, 0.25) is 0 Å². The van der Waals surface area contributed by atoms with Crippen LogP contribution in [0.3, 0.4) is 0 Å². The van der Waals surface area contributed by atoms with E-state index in [1.54, 1.807) is 0 Å². The first kappa shape index (κ1) is 12.5. The van der Waals surface area contributed by atoms with Gasteiger partial charge < -0.3 is 0 Å².